The highest BCUT2D eigenvalue weighted by Crippen LogP contribution is 2.16. The Morgan fingerprint density at radius 3 is 2.41 bits per heavy atom. The minimum Gasteiger partial charge on any atom is -0.480 e. The van der Waals surface area contributed by atoms with Gasteiger partial charge in [0.05, 0.1) is 13.7 Å². The molecule has 0 aliphatic heterocycles. The maximum absolute atomic E-state index is 12.1. The van der Waals surface area contributed by atoms with Crippen LogP contribution in [0.4, 0.5) is 9.59 Å². The molecule has 0 heterocycles. The first-order valence-corrected chi connectivity index (χ1v) is 8.35. The molecule has 10 heteroatoms. The number of nitrogens with zero attached hydrogens (tertiary/aromatic N) is 1. The lowest BCUT2D eigenvalue weighted by Crippen LogP contribution is -2.50. The number of hydrogen-bond acceptors (Lipinski definition) is 6. The second kappa shape index (κ2) is 9.98. The minimum absolute atomic E-state index is 0.129. The molecular weight excluding hydrogens is 380 g/mol. The maximum atomic E-state index is 12.1. The largest absolute Gasteiger partial charge is 0.480 e. The van der Waals surface area contributed by atoms with Gasteiger partial charge in [0.2, 0.25) is 0 Å². The zero-order valence-electron chi connectivity index (χ0n) is 15.5. The Morgan fingerprint density at radius 2 is 1.89 bits per heavy atom. The fourth-order valence-corrected chi connectivity index (χ4v) is 2.04. The molecule has 2 amide bonds. The van der Waals surface area contributed by atoms with Crippen LogP contribution in [0, 0.1) is 0 Å². The molecule has 0 fully saturated rings. The predicted molar refractivity (Wildman–Crippen MR) is 96.1 cm³/mol. The van der Waals surface area contributed by atoms with Crippen LogP contribution in [0.2, 0.25) is 5.02 Å². The lowest BCUT2D eigenvalue weighted by Gasteiger charge is -2.25. The Labute approximate surface area is 162 Å². The lowest BCUT2D eigenvalue weighted by atomic mass is 10.2. The number of amides is 2. The van der Waals surface area contributed by atoms with E-state index in [9.17, 15) is 19.5 Å². The van der Waals surface area contributed by atoms with E-state index in [1.807, 2.05) is 0 Å². The lowest BCUT2D eigenvalue weighted by molar-refractivity contribution is -0.147. The van der Waals surface area contributed by atoms with Crippen molar-refractivity contribution < 1.29 is 33.8 Å². The number of alkyl carbamates (subject to hydrolysis) is 1. The van der Waals surface area contributed by atoms with E-state index in [4.69, 9.17) is 25.9 Å². The van der Waals surface area contributed by atoms with Crippen molar-refractivity contribution in [1.29, 1.82) is 0 Å². The van der Waals surface area contributed by atoms with Crippen molar-refractivity contribution in [2.75, 3.05) is 13.7 Å². The predicted octanol–water partition coefficient (Wildman–Crippen LogP) is 2.82. The summed E-state index contributed by atoms with van der Waals surface area (Å²) >= 11 is 5.98. The summed E-state index contributed by atoms with van der Waals surface area (Å²) in [5, 5.41) is 12.5. The van der Waals surface area contributed by atoms with Crippen molar-refractivity contribution in [2.45, 2.75) is 39.0 Å². The molecule has 0 aromatic heterocycles. The summed E-state index contributed by atoms with van der Waals surface area (Å²) in [6.45, 7) is 4.28. The van der Waals surface area contributed by atoms with Gasteiger partial charge in [-0.15, -0.1) is 0 Å². The third-order valence-corrected chi connectivity index (χ3v) is 3.44. The standard InChI is InChI=1S/C17H23ClN2O7/c1-17(2,3)27-15(23)19-13(14(21)22)9-20(25-4)16(24)26-10-11-7-5-6-8-12(11)18/h5-8,13H,9-10H2,1-4H3,(H,19,23)(H,21,22)/t13-/m0/s1. The smallest absolute Gasteiger partial charge is 0.434 e. The molecule has 0 spiro atoms. The van der Waals surface area contributed by atoms with Crippen molar-refractivity contribution in [3.05, 3.63) is 34.9 Å². The quantitative estimate of drug-likeness (QED) is 0.674. The topological polar surface area (TPSA) is 114 Å². The normalized spacial score (nSPS) is 12.0. The number of halogens is 1. The first kappa shape index (κ1) is 22.5. The molecular formula is C17H23ClN2O7. The Balaban J connectivity index is 2.68. The molecule has 2 N–H and O–H groups in total. The van der Waals surface area contributed by atoms with Gasteiger partial charge >= 0.3 is 18.2 Å². The summed E-state index contributed by atoms with van der Waals surface area (Å²) in [5.74, 6) is -1.37. The van der Waals surface area contributed by atoms with Crippen LogP contribution in [0.25, 0.3) is 0 Å². The zero-order chi connectivity index (χ0) is 20.6. The fourth-order valence-electron chi connectivity index (χ4n) is 1.85. The molecule has 0 bridgehead atoms. The number of rotatable bonds is 7. The van der Waals surface area contributed by atoms with Gasteiger partial charge < -0.3 is 19.9 Å². The summed E-state index contributed by atoms with van der Waals surface area (Å²) in [5.41, 5.74) is -0.229. The van der Waals surface area contributed by atoms with E-state index < -0.39 is 36.3 Å². The molecule has 0 saturated heterocycles. The molecule has 0 aliphatic carbocycles. The van der Waals surface area contributed by atoms with Gasteiger partial charge in [0, 0.05) is 10.6 Å². The van der Waals surface area contributed by atoms with Crippen molar-refractivity contribution in [2.24, 2.45) is 0 Å². The van der Waals surface area contributed by atoms with Crippen LogP contribution in [-0.2, 0) is 25.7 Å². The average molecular weight is 403 g/mol. The van der Waals surface area contributed by atoms with Gasteiger partial charge in [0.1, 0.15) is 18.2 Å². The van der Waals surface area contributed by atoms with Crippen LogP contribution in [0.3, 0.4) is 0 Å². The number of carbonyl (C=O) groups excluding carboxylic acids is 2. The van der Waals surface area contributed by atoms with Crippen molar-refractivity contribution >= 4 is 29.8 Å². The van der Waals surface area contributed by atoms with Gasteiger partial charge in [0.25, 0.3) is 0 Å². The second-order valence-electron chi connectivity index (χ2n) is 6.43. The number of hydroxylamine groups is 2. The molecule has 1 atom stereocenters. The zero-order valence-corrected chi connectivity index (χ0v) is 16.3. The number of nitrogens with one attached hydrogen (secondary N) is 1. The molecule has 0 unspecified atom stereocenters. The summed E-state index contributed by atoms with van der Waals surface area (Å²) in [6, 6.07) is 5.32. The highest BCUT2D eigenvalue weighted by molar-refractivity contribution is 6.31. The van der Waals surface area contributed by atoms with E-state index in [1.165, 1.54) is 7.11 Å². The third kappa shape index (κ3) is 8.14. The first-order chi connectivity index (χ1) is 12.5. The summed E-state index contributed by atoms with van der Waals surface area (Å²) in [7, 11) is 1.17. The van der Waals surface area contributed by atoms with Crippen LogP contribution in [-0.4, -0.2) is 53.6 Å². The van der Waals surface area contributed by atoms with Crippen molar-refractivity contribution in [1.82, 2.24) is 10.4 Å². The van der Waals surface area contributed by atoms with E-state index in [0.29, 0.717) is 15.6 Å². The van der Waals surface area contributed by atoms with Crippen LogP contribution in [0.15, 0.2) is 24.3 Å². The van der Waals surface area contributed by atoms with Crippen molar-refractivity contribution in [3.8, 4) is 0 Å². The fraction of sp³-hybridized carbons (Fsp3) is 0.471. The van der Waals surface area contributed by atoms with Gasteiger partial charge in [-0.3, -0.25) is 4.84 Å². The highest BCUT2D eigenvalue weighted by atomic mass is 35.5. The van der Waals surface area contributed by atoms with Gasteiger partial charge in [-0.2, -0.15) is 5.06 Å². The van der Waals surface area contributed by atoms with E-state index >= 15 is 0 Å². The van der Waals surface area contributed by atoms with Crippen LogP contribution < -0.4 is 5.32 Å². The number of ether oxygens (including phenoxy) is 2. The molecule has 1 rings (SSSR count). The third-order valence-electron chi connectivity index (χ3n) is 3.07. The molecule has 150 valence electrons. The monoisotopic (exact) mass is 402 g/mol. The molecule has 1 aromatic rings. The van der Waals surface area contributed by atoms with Crippen LogP contribution in [0.1, 0.15) is 26.3 Å². The molecule has 1 aromatic carbocycles. The number of hydrogen-bond donors (Lipinski definition) is 2. The van der Waals surface area contributed by atoms with Crippen LogP contribution in [0.5, 0.6) is 0 Å². The Hall–Kier alpha value is -2.52. The van der Waals surface area contributed by atoms with Gasteiger partial charge in [-0.25, -0.2) is 14.4 Å². The molecule has 27 heavy (non-hydrogen) atoms. The Morgan fingerprint density at radius 1 is 1.26 bits per heavy atom. The molecule has 0 aliphatic rings. The summed E-state index contributed by atoms with van der Waals surface area (Å²) in [6.07, 6.45) is -1.87. The first-order valence-electron chi connectivity index (χ1n) is 7.97. The average Bonchev–Trinajstić information content (AvgIpc) is 2.55. The summed E-state index contributed by atoms with van der Waals surface area (Å²) < 4.78 is 10.1. The van der Waals surface area contributed by atoms with E-state index in [0.717, 1.165) is 0 Å². The number of benzene rings is 1. The second-order valence-corrected chi connectivity index (χ2v) is 6.83. The number of carboxylic acids is 1. The molecule has 0 saturated carbocycles. The highest BCUT2D eigenvalue weighted by Gasteiger charge is 2.29. The molecule has 0 radical (unpaired) electrons. The maximum Gasteiger partial charge on any atom is 0.434 e. The van der Waals surface area contributed by atoms with E-state index in [1.54, 1.807) is 45.0 Å². The Kier molecular flexibility index (Phi) is 8.32. The Bertz CT molecular complexity index is 675. The van der Waals surface area contributed by atoms with Crippen LogP contribution >= 0.6 is 11.6 Å². The van der Waals surface area contributed by atoms with E-state index in [-0.39, 0.29) is 6.61 Å². The van der Waals surface area contributed by atoms with E-state index in [2.05, 4.69) is 5.32 Å². The SMILES string of the molecule is CON(C[C@H](NC(=O)OC(C)(C)C)C(=O)O)C(=O)OCc1ccccc1Cl. The number of carboxylic acid groups (broad SMARTS) is 1. The number of carbonyl (C=O) groups is 3. The number of aliphatic carboxylic acids is 1. The van der Waals surface area contributed by atoms with Gasteiger partial charge in [-0.05, 0) is 26.8 Å². The summed E-state index contributed by atoms with van der Waals surface area (Å²) in [4.78, 5) is 40.1. The van der Waals surface area contributed by atoms with Crippen molar-refractivity contribution in [3.63, 3.8) is 0 Å². The molecule has 9 nitrogen and oxygen atoms in total. The van der Waals surface area contributed by atoms with Gasteiger partial charge in [0.15, 0.2) is 0 Å². The van der Waals surface area contributed by atoms with Gasteiger partial charge in [-0.1, -0.05) is 29.8 Å². The minimum atomic E-state index is -1.47.